The third-order valence-electron chi connectivity index (χ3n) is 5.90. The van der Waals surface area contributed by atoms with Gasteiger partial charge < -0.3 is 29.0 Å². The number of ether oxygens (including phenoxy) is 4. The Morgan fingerprint density at radius 1 is 1.03 bits per heavy atom. The van der Waals surface area contributed by atoms with Gasteiger partial charge in [0.05, 0.1) is 38.5 Å². The SMILES string of the molecule is CCOc1ccc(C2/C(=C(\O)c3ccc(OCC(C)C)c(C)c3)C(=O)C(=O)N2CCOC)cc1OC. The van der Waals surface area contributed by atoms with E-state index < -0.39 is 17.7 Å². The Morgan fingerprint density at radius 3 is 2.36 bits per heavy atom. The van der Waals surface area contributed by atoms with E-state index >= 15 is 0 Å². The number of Topliss-reactive ketones (excluding diaryl/α,β-unsaturated/α-hetero) is 1. The van der Waals surface area contributed by atoms with Crippen LogP contribution in [0.15, 0.2) is 42.0 Å². The number of aryl methyl sites for hydroxylation is 1. The van der Waals surface area contributed by atoms with Gasteiger partial charge in [-0.25, -0.2) is 0 Å². The molecule has 0 radical (unpaired) electrons. The van der Waals surface area contributed by atoms with Crippen LogP contribution in [0.25, 0.3) is 5.76 Å². The predicted octanol–water partition coefficient (Wildman–Crippen LogP) is 4.51. The first-order valence-corrected chi connectivity index (χ1v) is 12.0. The van der Waals surface area contributed by atoms with E-state index in [4.69, 9.17) is 18.9 Å². The first kappa shape index (κ1) is 27.1. The molecule has 1 fully saturated rings. The minimum atomic E-state index is -0.818. The summed E-state index contributed by atoms with van der Waals surface area (Å²) in [6.45, 7) is 9.31. The molecule has 1 saturated heterocycles. The average Bonchev–Trinajstić information content (AvgIpc) is 3.11. The van der Waals surface area contributed by atoms with E-state index in [0.29, 0.717) is 47.5 Å². The van der Waals surface area contributed by atoms with Crippen molar-refractivity contribution < 1.29 is 33.6 Å². The average molecular weight is 498 g/mol. The summed E-state index contributed by atoms with van der Waals surface area (Å²) >= 11 is 0. The van der Waals surface area contributed by atoms with Crippen LogP contribution in [0.2, 0.25) is 0 Å². The van der Waals surface area contributed by atoms with E-state index in [9.17, 15) is 14.7 Å². The van der Waals surface area contributed by atoms with Gasteiger partial charge in [-0.1, -0.05) is 19.9 Å². The minimum Gasteiger partial charge on any atom is -0.507 e. The lowest BCUT2D eigenvalue weighted by Crippen LogP contribution is -2.32. The highest BCUT2D eigenvalue weighted by atomic mass is 16.5. The number of benzene rings is 2. The van der Waals surface area contributed by atoms with Crippen LogP contribution < -0.4 is 14.2 Å². The molecule has 1 N–H and O–H groups in total. The van der Waals surface area contributed by atoms with Crippen LogP contribution in [0.3, 0.4) is 0 Å². The lowest BCUT2D eigenvalue weighted by atomic mass is 9.94. The van der Waals surface area contributed by atoms with Crippen molar-refractivity contribution in [1.29, 1.82) is 0 Å². The monoisotopic (exact) mass is 497 g/mol. The van der Waals surface area contributed by atoms with Gasteiger partial charge in [-0.2, -0.15) is 0 Å². The highest BCUT2D eigenvalue weighted by Gasteiger charge is 2.46. The fourth-order valence-corrected chi connectivity index (χ4v) is 4.15. The van der Waals surface area contributed by atoms with Crippen molar-refractivity contribution in [2.24, 2.45) is 5.92 Å². The third kappa shape index (κ3) is 5.65. The molecule has 1 amide bonds. The number of methoxy groups -OCH3 is 2. The zero-order chi connectivity index (χ0) is 26.4. The molecule has 194 valence electrons. The third-order valence-corrected chi connectivity index (χ3v) is 5.90. The van der Waals surface area contributed by atoms with Gasteiger partial charge >= 0.3 is 0 Å². The number of likely N-dealkylation sites (tertiary alicyclic amines) is 1. The van der Waals surface area contributed by atoms with E-state index in [1.54, 1.807) is 36.4 Å². The number of carbonyl (C=O) groups is 2. The molecule has 0 aromatic heterocycles. The van der Waals surface area contributed by atoms with Crippen molar-refractivity contribution >= 4 is 17.4 Å². The Balaban J connectivity index is 2.11. The number of hydrogen-bond acceptors (Lipinski definition) is 7. The van der Waals surface area contributed by atoms with Crippen LogP contribution in [0.1, 0.15) is 43.5 Å². The van der Waals surface area contributed by atoms with Crippen LogP contribution >= 0.6 is 0 Å². The fourth-order valence-electron chi connectivity index (χ4n) is 4.15. The molecule has 2 aromatic carbocycles. The van der Waals surface area contributed by atoms with Crippen LogP contribution in [-0.2, 0) is 14.3 Å². The van der Waals surface area contributed by atoms with Gasteiger partial charge in [-0.05, 0) is 61.2 Å². The number of carbonyl (C=O) groups excluding carboxylic acids is 2. The van der Waals surface area contributed by atoms with Crippen LogP contribution in [-0.4, -0.2) is 62.3 Å². The quantitative estimate of drug-likeness (QED) is 0.277. The van der Waals surface area contributed by atoms with Crippen molar-refractivity contribution in [3.05, 3.63) is 58.7 Å². The van der Waals surface area contributed by atoms with Crippen molar-refractivity contribution in [3.8, 4) is 17.2 Å². The Kier molecular flexibility index (Phi) is 8.98. The number of ketones is 1. The topological polar surface area (TPSA) is 94.5 Å². The van der Waals surface area contributed by atoms with Gasteiger partial charge in [0.1, 0.15) is 11.5 Å². The van der Waals surface area contributed by atoms with Crippen molar-refractivity contribution in [2.75, 3.05) is 40.6 Å². The molecule has 36 heavy (non-hydrogen) atoms. The molecule has 8 heteroatoms. The molecule has 0 bridgehead atoms. The smallest absolute Gasteiger partial charge is 0.295 e. The summed E-state index contributed by atoms with van der Waals surface area (Å²) in [4.78, 5) is 27.7. The Morgan fingerprint density at radius 2 is 1.75 bits per heavy atom. The first-order valence-electron chi connectivity index (χ1n) is 12.0. The van der Waals surface area contributed by atoms with E-state index in [2.05, 4.69) is 13.8 Å². The van der Waals surface area contributed by atoms with E-state index in [1.165, 1.54) is 19.1 Å². The van der Waals surface area contributed by atoms with E-state index in [1.807, 2.05) is 13.8 Å². The molecule has 3 rings (SSSR count). The van der Waals surface area contributed by atoms with Crippen molar-refractivity contribution in [1.82, 2.24) is 4.90 Å². The second kappa shape index (κ2) is 11.9. The molecule has 0 saturated carbocycles. The summed E-state index contributed by atoms with van der Waals surface area (Å²) < 4.78 is 22.1. The zero-order valence-electron chi connectivity index (χ0n) is 21.8. The summed E-state index contributed by atoms with van der Waals surface area (Å²) in [7, 11) is 3.05. The molecule has 2 aromatic rings. The van der Waals surface area contributed by atoms with Gasteiger partial charge in [0.25, 0.3) is 11.7 Å². The largest absolute Gasteiger partial charge is 0.507 e. The summed E-state index contributed by atoms with van der Waals surface area (Å²) in [5.41, 5.74) is 1.86. The molecule has 0 spiro atoms. The lowest BCUT2D eigenvalue weighted by Gasteiger charge is -2.25. The van der Waals surface area contributed by atoms with E-state index in [0.717, 1.165) is 5.56 Å². The van der Waals surface area contributed by atoms with Gasteiger partial charge in [0.15, 0.2) is 11.5 Å². The number of hydrogen-bond donors (Lipinski definition) is 1. The number of aliphatic hydroxyl groups is 1. The molecule has 1 unspecified atom stereocenters. The molecule has 1 atom stereocenters. The maximum Gasteiger partial charge on any atom is 0.295 e. The molecule has 1 aliphatic heterocycles. The number of nitrogens with zero attached hydrogens (tertiary/aromatic N) is 1. The standard InChI is InChI=1S/C28H35NO7/c1-7-35-22-11-8-19(15-23(22)34-6)25-24(27(31)28(32)29(25)12-13-33-5)26(30)20-9-10-21(18(4)14-20)36-16-17(2)3/h8-11,14-15,17,25,30H,7,12-13,16H2,1-6H3/b26-24+. The maximum atomic E-state index is 13.2. The predicted molar refractivity (Wildman–Crippen MR) is 137 cm³/mol. The Labute approximate surface area is 212 Å². The van der Waals surface area contributed by atoms with Gasteiger partial charge in [-0.3, -0.25) is 9.59 Å². The highest BCUT2D eigenvalue weighted by Crippen LogP contribution is 2.42. The highest BCUT2D eigenvalue weighted by molar-refractivity contribution is 6.46. The summed E-state index contributed by atoms with van der Waals surface area (Å²) in [5.74, 6) is 0.392. The van der Waals surface area contributed by atoms with Crippen molar-refractivity contribution in [2.45, 2.75) is 33.7 Å². The first-order chi connectivity index (χ1) is 17.2. The number of aliphatic hydroxyl groups excluding tert-OH is 1. The minimum absolute atomic E-state index is 0.0116. The molecule has 1 aliphatic rings. The Hall–Kier alpha value is -3.52. The van der Waals surface area contributed by atoms with Crippen LogP contribution in [0.4, 0.5) is 0 Å². The summed E-state index contributed by atoms with van der Waals surface area (Å²) in [6.07, 6.45) is 0. The van der Waals surface area contributed by atoms with Crippen LogP contribution in [0.5, 0.6) is 17.2 Å². The number of rotatable bonds is 11. The van der Waals surface area contributed by atoms with Crippen LogP contribution in [0, 0.1) is 12.8 Å². The van der Waals surface area contributed by atoms with Gasteiger partial charge in [0.2, 0.25) is 0 Å². The maximum absolute atomic E-state index is 13.2. The lowest BCUT2D eigenvalue weighted by molar-refractivity contribution is -0.140. The van der Waals surface area contributed by atoms with Crippen molar-refractivity contribution in [3.63, 3.8) is 0 Å². The molecular formula is C28H35NO7. The summed E-state index contributed by atoms with van der Waals surface area (Å²) in [5, 5.41) is 11.3. The molecule has 0 aliphatic carbocycles. The fraction of sp³-hybridized carbons (Fsp3) is 0.429. The zero-order valence-corrected chi connectivity index (χ0v) is 21.8. The molecule has 1 heterocycles. The van der Waals surface area contributed by atoms with Gasteiger partial charge in [-0.15, -0.1) is 0 Å². The second-order valence-electron chi connectivity index (χ2n) is 9.01. The Bertz CT molecular complexity index is 1140. The summed E-state index contributed by atoms with van der Waals surface area (Å²) in [6, 6.07) is 9.62. The molecule has 8 nitrogen and oxygen atoms in total. The normalized spacial score (nSPS) is 17.1. The second-order valence-corrected chi connectivity index (χ2v) is 9.01. The van der Waals surface area contributed by atoms with E-state index in [-0.39, 0.29) is 24.5 Å². The van der Waals surface area contributed by atoms with Gasteiger partial charge in [0, 0.05) is 19.2 Å². The molecular weight excluding hydrogens is 462 g/mol. The number of amides is 1.